The van der Waals surface area contributed by atoms with Gasteiger partial charge in [0.15, 0.2) is 0 Å². The number of hydrogen-bond donors (Lipinski definition) is 1. The van der Waals surface area contributed by atoms with Gasteiger partial charge in [-0.15, -0.1) is 0 Å². The minimum absolute atomic E-state index is 0.278. The summed E-state index contributed by atoms with van der Waals surface area (Å²) in [5.41, 5.74) is -0.278. The van der Waals surface area contributed by atoms with Gasteiger partial charge in [0, 0.05) is 0 Å². The number of aliphatic carboxylic acids is 1. The zero-order chi connectivity index (χ0) is 8.06. The van der Waals surface area contributed by atoms with Crippen LogP contribution in [0.3, 0.4) is 0 Å². The molecule has 0 bridgehead atoms. The molecule has 0 radical (unpaired) electrons. The largest absolute Gasteiger partial charge is 0.481 e. The second-order valence-corrected chi connectivity index (χ2v) is 4.25. The molecule has 0 saturated heterocycles. The minimum atomic E-state index is -0.543. The molecule has 0 spiro atoms. The summed E-state index contributed by atoms with van der Waals surface area (Å²) in [6.07, 6.45) is 4.15. The van der Waals surface area contributed by atoms with E-state index in [1.165, 1.54) is 0 Å². The summed E-state index contributed by atoms with van der Waals surface area (Å²) >= 11 is 0. The topological polar surface area (TPSA) is 37.3 Å². The van der Waals surface area contributed by atoms with Gasteiger partial charge in [-0.1, -0.05) is 6.92 Å². The maximum atomic E-state index is 10.9. The number of hydrogen-bond acceptors (Lipinski definition) is 1. The molecular formula is C9H14O2. The maximum Gasteiger partial charge on any atom is 0.309 e. The molecule has 0 atom stereocenters. The van der Waals surface area contributed by atoms with Crippen molar-refractivity contribution in [2.24, 2.45) is 17.3 Å². The van der Waals surface area contributed by atoms with Crippen LogP contribution >= 0.6 is 0 Å². The molecule has 2 saturated carbocycles. The van der Waals surface area contributed by atoms with Crippen LogP contribution in [-0.4, -0.2) is 11.1 Å². The van der Waals surface area contributed by atoms with Crippen LogP contribution in [0.25, 0.3) is 0 Å². The lowest BCUT2D eigenvalue weighted by Crippen LogP contribution is -2.44. The van der Waals surface area contributed by atoms with Crippen LogP contribution < -0.4 is 0 Å². The predicted octanol–water partition coefficient (Wildman–Crippen LogP) is 1.90. The summed E-state index contributed by atoms with van der Waals surface area (Å²) in [6, 6.07) is 0. The zero-order valence-corrected chi connectivity index (χ0v) is 6.84. The van der Waals surface area contributed by atoms with Crippen LogP contribution in [0.15, 0.2) is 0 Å². The lowest BCUT2D eigenvalue weighted by Gasteiger charge is -2.43. The van der Waals surface area contributed by atoms with E-state index < -0.39 is 5.97 Å². The molecule has 2 aliphatic rings. The molecule has 2 rings (SSSR count). The number of carboxylic acids is 1. The highest BCUT2D eigenvalue weighted by Gasteiger charge is 2.57. The first kappa shape index (κ1) is 7.14. The Morgan fingerprint density at radius 3 is 2.27 bits per heavy atom. The van der Waals surface area contributed by atoms with Gasteiger partial charge >= 0.3 is 5.97 Å². The molecule has 0 aromatic rings. The molecule has 1 N–H and O–H groups in total. The Balaban J connectivity index is 2.09. The third-order valence-electron chi connectivity index (χ3n) is 3.21. The average molecular weight is 154 g/mol. The van der Waals surface area contributed by atoms with Crippen molar-refractivity contribution in [3.05, 3.63) is 0 Å². The quantitative estimate of drug-likeness (QED) is 0.659. The highest BCUT2D eigenvalue weighted by atomic mass is 16.4. The van der Waals surface area contributed by atoms with Crippen molar-refractivity contribution in [2.75, 3.05) is 0 Å². The first-order valence-corrected chi connectivity index (χ1v) is 4.38. The van der Waals surface area contributed by atoms with Gasteiger partial charge in [0.25, 0.3) is 0 Å². The molecule has 0 heterocycles. The van der Waals surface area contributed by atoms with Crippen molar-refractivity contribution in [3.8, 4) is 0 Å². The van der Waals surface area contributed by atoms with Crippen molar-refractivity contribution in [2.45, 2.75) is 32.6 Å². The lowest BCUT2D eigenvalue weighted by atomic mass is 9.60. The first-order chi connectivity index (χ1) is 5.15. The van der Waals surface area contributed by atoms with E-state index in [0.717, 1.165) is 25.7 Å². The van der Waals surface area contributed by atoms with E-state index >= 15 is 0 Å². The maximum absolute atomic E-state index is 10.9. The highest BCUT2D eigenvalue weighted by molar-refractivity contribution is 5.76. The Labute approximate surface area is 66.6 Å². The fraction of sp³-hybridized carbons (Fsp3) is 0.889. The van der Waals surface area contributed by atoms with E-state index in [1.54, 1.807) is 0 Å². The number of rotatable bonds is 2. The molecule has 2 nitrogen and oxygen atoms in total. The van der Waals surface area contributed by atoms with Crippen molar-refractivity contribution < 1.29 is 9.90 Å². The van der Waals surface area contributed by atoms with Crippen LogP contribution in [0.5, 0.6) is 0 Å². The Morgan fingerprint density at radius 1 is 1.45 bits per heavy atom. The normalized spacial score (nSPS) is 43.2. The predicted molar refractivity (Wildman–Crippen MR) is 41.2 cm³/mol. The molecule has 0 unspecified atom stereocenters. The third-order valence-corrected chi connectivity index (χ3v) is 3.21. The molecule has 0 aliphatic heterocycles. The van der Waals surface area contributed by atoms with E-state index in [-0.39, 0.29) is 5.41 Å². The summed E-state index contributed by atoms with van der Waals surface area (Å²) in [5, 5.41) is 9.01. The molecule has 2 fully saturated rings. The van der Waals surface area contributed by atoms with E-state index in [2.05, 4.69) is 6.92 Å². The van der Waals surface area contributed by atoms with Crippen molar-refractivity contribution in [1.82, 2.24) is 0 Å². The fourth-order valence-electron chi connectivity index (χ4n) is 2.50. The Hall–Kier alpha value is -0.530. The molecule has 62 valence electrons. The lowest BCUT2D eigenvalue weighted by molar-refractivity contribution is -0.160. The van der Waals surface area contributed by atoms with E-state index in [4.69, 9.17) is 5.11 Å². The average Bonchev–Trinajstić information content (AvgIpc) is 2.60. The van der Waals surface area contributed by atoms with Crippen LogP contribution in [0.1, 0.15) is 32.6 Å². The summed E-state index contributed by atoms with van der Waals surface area (Å²) in [4.78, 5) is 10.9. The van der Waals surface area contributed by atoms with Gasteiger partial charge in [0.2, 0.25) is 0 Å². The SMILES string of the molecule is CC1CC(C(=O)O)(C2CC2)C1. The van der Waals surface area contributed by atoms with Crippen molar-refractivity contribution >= 4 is 5.97 Å². The van der Waals surface area contributed by atoms with Gasteiger partial charge < -0.3 is 5.11 Å². The standard InChI is InChI=1S/C9H14O2/c1-6-4-9(5-6,8(10)11)7-2-3-7/h6-7H,2-5H2,1H3,(H,10,11). The molecule has 0 aromatic carbocycles. The molecule has 0 amide bonds. The fourth-order valence-corrected chi connectivity index (χ4v) is 2.50. The Bertz CT molecular complexity index is 188. The number of carbonyl (C=O) groups is 1. The van der Waals surface area contributed by atoms with Gasteiger partial charge in [-0.25, -0.2) is 0 Å². The highest BCUT2D eigenvalue weighted by Crippen LogP contribution is 2.59. The molecule has 2 heteroatoms. The molecule has 0 aromatic heterocycles. The summed E-state index contributed by atoms with van der Waals surface area (Å²) in [6.45, 7) is 2.14. The van der Waals surface area contributed by atoms with Crippen molar-refractivity contribution in [3.63, 3.8) is 0 Å². The van der Waals surface area contributed by atoms with Gasteiger partial charge in [-0.2, -0.15) is 0 Å². The zero-order valence-electron chi connectivity index (χ0n) is 6.84. The van der Waals surface area contributed by atoms with Gasteiger partial charge in [-0.3, -0.25) is 4.79 Å². The second kappa shape index (κ2) is 1.99. The van der Waals surface area contributed by atoms with Gasteiger partial charge in [-0.05, 0) is 37.5 Å². The Kier molecular flexibility index (Phi) is 1.29. The third kappa shape index (κ3) is 0.883. The molecule has 11 heavy (non-hydrogen) atoms. The second-order valence-electron chi connectivity index (χ2n) is 4.25. The summed E-state index contributed by atoms with van der Waals surface area (Å²) in [5.74, 6) is 0.626. The van der Waals surface area contributed by atoms with Gasteiger partial charge in [0.05, 0.1) is 5.41 Å². The molecule has 2 aliphatic carbocycles. The van der Waals surface area contributed by atoms with E-state index in [1.807, 2.05) is 0 Å². The first-order valence-electron chi connectivity index (χ1n) is 4.38. The smallest absolute Gasteiger partial charge is 0.309 e. The van der Waals surface area contributed by atoms with Crippen LogP contribution in [0, 0.1) is 17.3 Å². The minimum Gasteiger partial charge on any atom is -0.481 e. The molecular weight excluding hydrogens is 140 g/mol. The van der Waals surface area contributed by atoms with Crippen LogP contribution in [0.2, 0.25) is 0 Å². The monoisotopic (exact) mass is 154 g/mol. The van der Waals surface area contributed by atoms with Crippen LogP contribution in [-0.2, 0) is 4.79 Å². The van der Waals surface area contributed by atoms with Crippen LogP contribution in [0.4, 0.5) is 0 Å². The van der Waals surface area contributed by atoms with Gasteiger partial charge in [0.1, 0.15) is 0 Å². The van der Waals surface area contributed by atoms with Crippen molar-refractivity contribution in [1.29, 1.82) is 0 Å². The summed E-state index contributed by atoms with van der Waals surface area (Å²) in [7, 11) is 0. The van der Waals surface area contributed by atoms with E-state index in [9.17, 15) is 4.79 Å². The number of carboxylic acid groups (broad SMARTS) is 1. The van der Waals surface area contributed by atoms with E-state index in [0.29, 0.717) is 11.8 Å². The summed E-state index contributed by atoms with van der Waals surface area (Å²) < 4.78 is 0. The Morgan fingerprint density at radius 2 is 2.00 bits per heavy atom.